The molecule has 76 valence electrons. The first-order chi connectivity index (χ1) is 6.49. The molecule has 0 aromatic heterocycles. The van der Waals surface area contributed by atoms with Crippen LogP contribution in [-0.4, -0.2) is 14.9 Å². The zero-order valence-corrected chi connectivity index (χ0v) is 10.2. The standard InChI is InChI=1S/C12H18OSi/c1-11(10-13-14(2,3)4)12-8-6-5-7-9-12/h5-9H,1,10H2,2-4H3. The van der Waals surface area contributed by atoms with Crippen LogP contribution in [0.2, 0.25) is 19.6 Å². The molecule has 0 saturated carbocycles. The highest BCUT2D eigenvalue weighted by Gasteiger charge is 2.14. The van der Waals surface area contributed by atoms with Crippen LogP contribution in [0.3, 0.4) is 0 Å². The summed E-state index contributed by atoms with van der Waals surface area (Å²) in [6.07, 6.45) is 0. The molecule has 0 radical (unpaired) electrons. The Labute approximate surface area is 87.5 Å². The molecule has 0 bridgehead atoms. The van der Waals surface area contributed by atoms with E-state index >= 15 is 0 Å². The van der Waals surface area contributed by atoms with Gasteiger partial charge in [-0.15, -0.1) is 0 Å². The molecule has 0 aliphatic heterocycles. The number of hydrogen-bond donors (Lipinski definition) is 0. The van der Waals surface area contributed by atoms with Gasteiger partial charge in [-0.3, -0.25) is 0 Å². The van der Waals surface area contributed by atoms with E-state index in [1.165, 1.54) is 5.56 Å². The van der Waals surface area contributed by atoms with Crippen LogP contribution < -0.4 is 0 Å². The summed E-state index contributed by atoms with van der Waals surface area (Å²) in [4.78, 5) is 0. The van der Waals surface area contributed by atoms with Crippen molar-refractivity contribution in [1.82, 2.24) is 0 Å². The third-order valence-electron chi connectivity index (χ3n) is 1.86. The van der Waals surface area contributed by atoms with Gasteiger partial charge in [0.1, 0.15) is 0 Å². The molecule has 0 unspecified atom stereocenters. The first-order valence-corrected chi connectivity index (χ1v) is 8.27. The lowest BCUT2D eigenvalue weighted by Crippen LogP contribution is -2.26. The largest absolute Gasteiger partial charge is 0.413 e. The van der Waals surface area contributed by atoms with Crippen molar-refractivity contribution in [3.05, 3.63) is 42.5 Å². The monoisotopic (exact) mass is 206 g/mol. The minimum atomic E-state index is -1.41. The molecule has 1 aromatic rings. The Bertz CT molecular complexity index is 298. The van der Waals surface area contributed by atoms with E-state index in [9.17, 15) is 0 Å². The molecule has 0 spiro atoms. The van der Waals surface area contributed by atoms with E-state index in [0.717, 1.165) is 5.57 Å². The van der Waals surface area contributed by atoms with Gasteiger partial charge in [-0.05, 0) is 30.8 Å². The number of hydrogen-bond acceptors (Lipinski definition) is 1. The maximum absolute atomic E-state index is 5.78. The molecule has 1 nitrogen and oxygen atoms in total. The van der Waals surface area contributed by atoms with E-state index < -0.39 is 8.32 Å². The summed E-state index contributed by atoms with van der Waals surface area (Å²) in [7, 11) is -1.41. The predicted molar refractivity (Wildman–Crippen MR) is 64.8 cm³/mol. The first kappa shape index (κ1) is 11.2. The molecular formula is C12H18OSi. The Hall–Kier alpha value is -0.863. The highest BCUT2D eigenvalue weighted by atomic mass is 28.4. The van der Waals surface area contributed by atoms with Crippen molar-refractivity contribution in [2.45, 2.75) is 19.6 Å². The van der Waals surface area contributed by atoms with Crippen LogP contribution in [0.15, 0.2) is 36.9 Å². The summed E-state index contributed by atoms with van der Waals surface area (Å²) in [5.41, 5.74) is 2.23. The highest BCUT2D eigenvalue weighted by molar-refractivity contribution is 6.69. The molecule has 1 aromatic carbocycles. The quantitative estimate of drug-likeness (QED) is 0.685. The summed E-state index contributed by atoms with van der Waals surface area (Å²) in [5.74, 6) is 0. The SMILES string of the molecule is C=C(CO[Si](C)(C)C)c1ccccc1. The van der Waals surface area contributed by atoms with Gasteiger partial charge in [0, 0.05) is 0 Å². The van der Waals surface area contributed by atoms with Crippen molar-refractivity contribution in [1.29, 1.82) is 0 Å². The second kappa shape index (κ2) is 4.58. The van der Waals surface area contributed by atoms with Crippen LogP contribution in [0, 0.1) is 0 Å². The molecule has 0 aliphatic carbocycles. The third kappa shape index (κ3) is 3.90. The van der Waals surface area contributed by atoms with Crippen molar-refractivity contribution >= 4 is 13.9 Å². The molecule has 0 aliphatic rings. The fraction of sp³-hybridized carbons (Fsp3) is 0.333. The van der Waals surface area contributed by atoms with Gasteiger partial charge in [-0.2, -0.15) is 0 Å². The Morgan fingerprint density at radius 2 is 1.79 bits per heavy atom. The lowest BCUT2D eigenvalue weighted by molar-refractivity contribution is 0.365. The van der Waals surface area contributed by atoms with Crippen LogP contribution in [0.1, 0.15) is 5.56 Å². The van der Waals surface area contributed by atoms with Gasteiger partial charge < -0.3 is 4.43 Å². The van der Waals surface area contributed by atoms with Gasteiger partial charge in [-0.1, -0.05) is 36.9 Å². The fourth-order valence-electron chi connectivity index (χ4n) is 1.06. The fourth-order valence-corrected chi connectivity index (χ4v) is 1.67. The zero-order chi connectivity index (χ0) is 10.6. The number of benzene rings is 1. The Morgan fingerprint density at radius 1 is 1.21 bits per heavy atom. The minimum Gasteiger partial charge on any atom is -0.413 e. The predicted octanol–water partition coefficient (Wildman–Crippen LogP) is 3.55. The molecule has 14 heavy (non-hydrogen) atoms. The van der Waals surface area contributed by atoms with E-state index in [4.69, 9.17) is 4.43 Å². The molecule has 0 atom stereocenters. The second-order valence-corrected chi connectivity index (χ2v) is 8.88. The summed E-state index contributed by atoms with van der Waals surface area (Å²) in [6, 6.07) is 10.2. The molecule has 0 N–H and O–H groups in total. The van der Waals surface area contributed by atoms with Crippen molar-refractivity contribution in [2.75, 3.05) is 6.61 Å². The molecule has 0 amide bonds. The van der Waals surface area contributed by atoms with Gasteiger partial charge in [-0.25, -0.2) is 0 Å². The molecular weight excluding hydrogens is 188 g/mol. The number of rotatable bonds is 4. The lowest BCUT2D eigenvalue weighted by atomic mass is 10.1. The Kier molecular flexibility index (Phi) is 3.67. The van der Waals surface area contributed by atoms with Gasteiger partial charge in [0.15, 0.2) is 8.32 Å². The normalized spacial score (nSPS) is 11.4. The average molecular weight is 206 g/mol. The van der Waals surface area contributed by atoms with Gasteiger partial charge in [0.05, 0.1) is 6.61 Å². The summed E-state index contributed by atoms with van der Waals surface area (Å²) in [5, 5.41) is 0. The smallest absolute Gasteiger partial charge is 0.184 e. The van der Waals surface area contributed by atoms with Crippen LogP contribution in [0.5, 0.6) is 0 Å². The van der Waals surface area contributed by atoms with E-state index in [1.807, 2.05) is 18.2 Å². The van der Waals surface area contributed by atoms with E-state index in [-0.39, 0.29) is 0 Å². The van der Waals surface area contributed by atoms with Gasteiger partial charge in [0.2, 0.25) is 0 Å². The minimum absolute atomic E-state index is 0.653. The topological polar surface area (TPSA) is 9.23 Å². The first-order valence-electron chi connectivity index (χ1n) is 4.86. The molecule has 0 saturated heterocycles. The second-order valence-electron chi connectivity index (χ2n) is 4.37. The van der Waals surface area contributed by atoms with Crippen molar-refractivity contribution in [2.24, 2.45) is 0 Å². The van der Waals surface area contributed by atoms with Crippen molar-refractivity contribution < 1.29 is 4.43 Å². The van der Waals surface area contributed by atoms with Crippen LogP contribution >= 0.6 is 0 Å². The average Bonchev–Trinajstić information content (AvgIpc) is 2.14. The van der Waals surface area contributed by atoms with Crippen molar-refractivity contribution in [3.63, 3.8) is 0 Å². The van der Waals surface area contributed by atoms with Gasteiger partial charge >= 0.3 is 0 Å². The van der Waals surface area contributed by atoms with E-state index in [0.29, 0.717) is 6.61 Å². The lowest BCUT2D eigenvalue weighted by Gasteiger charge is -2.18. The highest BCUT2D eigenvalue weighted by Crippen LogP contribution is 2.14. The molecule has 0 heterocycles. The zero-order valence-electron chi connectivity index (χ0n) is 9.21. The Morgan fingerprint density at radius 3 is 2.29 bits per heavy atom. The van der Waals surface area contributed by atoms with E-state index in [2.05, 4.69) is 38.4 Å². The van der Waals surface area contributed by atoms with Gasteiger partial charge in [0.25, 0.3) is 0 Å². The maximum atomic E-state index is 5.78. The summed E-state index contributed by atoms with van der Waals surface area (Å²) >= 11 is 0. The summed E-state index contributed by atoms with van der Waals surface area (Å²) in [6.45, 7) is 11.2. The van der Waals surface area contributed by atoms with Crippen molar-refractivity contribution in [3.8, 4) is 0 Å². The maximum Gasteiger partial charge on any atom is 0.184 e. The Balaban J connectivity index is 2.52. The summed E-state index contributed by atoms with van der Waals surface area (Å²) < 4.78 is 5.78. The molecule has 2 heteroatoms. The van der Waals surface area contributed by atoms with Crippen LogP contribution in [0.25, 0.3) is 5.57 Å². The molecule has 0 fully saturated rings. The third-order valence-corrected chi connectivity index (χ3v) is 2.87. The van der Waals surface area contributed by atoms with Crippen LogP contribution in [-0.2, 0) is 4.43 Å². The van der Waals surface area contributed by atoms with E-state index in [1.54, 1.807) is 0 Å². The molecule has 1 rings (SSSR count). The van der Waals surface area contributed by atoms with Crippen LogP contribution in [0.4, 0.5) is 0 Å².